The van der Waals surface area contributed by atoms with Crippen LogP contribution in [-0.2, 0) is 21.0 Å². The van der Waals surface area contributed by atoms with E-state index in [0.29, 0.717) is 28.4 Å². The van der Waals surface area contributed by atoms with Crippen molar-refractivity contribution in [2.45, 2.75) is 24.9 Å². The summed E-state index contributed by atoms with van der Waals surface area (Å²) in [6.45, 7) is 3.26. The predicted molar refractivity (Wildman–Crippen MR) is 128 cm³/mol. The van der Waals surface area contributed by atoms with Gasteiger partial charge in [0, 0.05) is 5.69 Å². The maximum Gasteiger partial charge on any atom is 0.417 e. The van der Waals surface area contributed by atoms with Gasteiger partial charge in [0.1, 0.15) is 12.3 Å². The quantitative estimate of drug-likeness (QED) is 0.396. The molecule has 0 aliphatic heterocycles. The van der Waals surface area contributed by atoms with Crippen molar-refractivity contribution >= 4 is 38.9 Å². The Bertz CT molecular complexity index is 1300. The van der Waals surface area contributed by atoms with Crippen LogP contribution in [0.1, 0.15) is 18.1 Å². The van der Waals surface area contributed by atoms with E-state index in [1.165, 1.54) is 12.1 Å². The number of carbonyl (C=O) groups is 1. The van der Waals surface area contributed by atoms with E-state index in [2.05, 4.69) is 5.32 Å². The topological polar surface area (TPSA) is 75.7 Å². The van der Waals surface area contributed by atoms with Crippen LogP contribution in [0.5, 0.6) is 5.75 Å². The van der Waals surface area contributed by atoms with Crippen molar-refractivity contribution in [3.63, 3.8) is 0 Å². The molecule has 0 aliphatic rings. The number of hydrogen-bond donors (Lipinski definition) is 1. The van der Waals surface area contributed by atoms with Gasteiger partial charge in [-0.25, -0.2) is 8.42 Å². The van der Waals surface area contributed by atoms with Gasteiger partial charge in [-0.15, -0.1) is 0 Å². The summed E-state index contributed by atoms with van der Waals surface area (Å²) in [5.41, 5.74) is -0.426. The lowest BCUT2D eigenvalue weighted by Gasteiger charge is -2.25. The first-order chi connectivity index (χ1) is 16.4. The molecule has 3 aromatic carbocycles. The second-order valence-corrected chi connectivity index (χ2v) is 9.76. The van der Waals surface area contributed by atoms with Crippen LogP contribution in [-0.4, -0.2) is 27.5 Å². The summed E-state index contributed by atoms with van der Waals surface area (Å²) in [5.74, 6) is -0.178. The van der Waals surface area contributed by atoms with E-state index in [1.54, 1.807) is 43.3 Å². The predicted octanol–water partition coefficient (Wildman–Crippen LogP) is 5.90. The van der Waals surface area contributed by atoms with Crippen LogP contribution in [0.25, 0.3) is 0 Å². The number of amides is 1. The van der Waals surface area contributed by atoms with Crippen LogP contribution in [0, 0.1) is 6.92 Å². The molecule has 186 valence electrons. The molecule has 11 heteroatoms. The van der Waals surface area contributed by atoms with Crippen molar-refractivity contribution in [2.75, 3.05) is 22.8 Å². The highest BCUT2D eigenvalue weighted by molar-refractivity contribution is 7.92. The number of nitrogens with zero attached hydrogens (tertiary/aromatic N) is 1. The lowest BCUT2D eigenvalue weighted by molar-refractivity contribution is -0.137. The Balaban J connectivity index is 1.98. The maximum atomic E-state index is 13.5. The second kappa shape index (κ2) is 10.6. The Morgan fingerprint density at radius 3 is 2.23 bits per heavy atom. The van der Waals surface area contributed by atoms with E-state index in [9.17, 15) is 26.4 Å². The average Bonchev–Trinajstić information content (AvgIpc) is 2.79. The third-order valence-corrected chi connectivity index (χ3v) is 7.01. The number of halogens is 4. The lowest BCUT2D eigenvalue weighted by Crippen LogP contribution is -2.38. The van der Waals surface area contributed by atoms with Gasteiger partial charge in [-0.3, -0.25) is 9.10 Å². The number of alkyl halides is 3. The molecule has 0 aromatic heterocycles. The van der Waals surface area contributed by atoms with Crippen molar-refractivity contribution in [1.29, 1.82) is 0 Å². The first kappa shape index (κ1) is 26.4. The number of sulfonamides is 1. The van der Waals surface area contributed by atoms with Crippen molar-refractivity contribution in [3.05, 3.63) is 82.9 Å². The van der Waals surface area contributed by atoms with Crippen LogP contribution in [0.2, 0.25) is 5.02 Å². The highest BCUT2D eigenvalue weighted by atomic mass is 35.5. The molecule has 0 spiro atoms. The van der Waals surface area contributed by atoms with Crippen LogP contribution < -0.4 is 14.4 Å². The zero-order valence-electron chi connectivity index (χ0n) is 18.8. The largest absolute Gasteiger partial charge is 0.494 e. The molecule has 0 heterocycles. The van der Waals surface area contributed by atoms with Crippen LogP contribution >= 0.6 is 11.6 Å². The number of carbonyl (C=O) groups excluding carboxylic acids is 1. The standard InChI is InChI=1S/C24H22ClF3N2O4S/c1-3-34-19-9-6-17(7-10-19)29-23(31)15-30(35(32,33)20-11-4-16(2)5-12-20)18-8-13-22(25)21(14-18)24(26,27)28/h4-14H,3,15H2,1-2H3,(H,29,31). The Kier molecular flexibility index (Phi) is 7.97. The molecule has 0 unspecified atom stereocenters. The van der Waals surface area contributed by atoms with Gasteiger partial charge in [0.05, 0.1) is 27.8 Å². The zero-order valence-corrected chi connectivity index (χ0v) is 20.3. The number of aryl methyl sites for hydroxylation is 1. The number of ether oxygens (including phenoxy) is 1. The third-order valence-electron chi connectivity index (χ3n) is 4.89. The van der Waals surface area contributed by atoms with E-state index < -0.39 is 39.2 Å². The summed E-state index contributed by atoms with van der Waals surface area (Å²) in [6.07, 6.45) is -4.82. The van der Waals surface area contributed by atoms with Gasteiger partial charge in [-0.2, -0.15) is 13.2 Å². The zero-order chi connectivity index (χ0) is 25.8. The van der Waals surface area contributed by atoms with Crippen LogP contribution in [0.15, 0.2) is 71.6 Å². The summed E-state index contributed by atoms with van der Waals surface area (Å²) in [4.78, 5) is 12.6. The van der Waals surface area contributed by atoms with Crippen molar-refractivity contribution in [2.24, 2.45) is 0 Å². The highest BCUT2D eigenvalue weighted by Gasteiger charge is 2.35. The molecule has 3 aromatic rings. The molecule has 1 N–H and O–H groups in total. The van der Waals surface area contributed by atoms with E-state index in [1.807, 2.05) is 6.92 Å². The molecule has 0 fully saturated rings. The van der Waals surface area contributed by atoms with Gasteiger partial charge in [-0.1, -0.05) is 29.3 Å². The fraction of sp³-hybridized carbons (Fsp3) is 0.208. The van der Waals surface area contributed by atoms with E-state index in [-0.39, 0.29) is 10.6 Å². The molecule has 0 aliphatic carbocycles. The SMILES string of the molecule is CCOc1ccc(NC(=O)CN(c2ccc(Cl)c(C(F)(F)F)c2)S(=O)(=O)c2ccc(C)cc2)cc1. The lowest BCUT2D eigenvalue weighted by atomic mass is 10.2. The number of anilines is 2. The Morgan fingerprint density at radius 2 is 1.66 bits per heavy atom. The molecule has 0 saturated heterocycles. The van der Waals surface area contributed by atoms with Gasteiger partial charge in [0.2, 0.25) is 5.91 Å². The van der Waals surface area contributed by atoms with E-state index >= 15 is 0 Å². The van der Waals surface area contributed by atoms with E-state index in [4.69, 9.17) is 16.3 Å². The first-order valence-corrected chi connectivity index (χ1v) is 12.2. The van der Waals surface area contributed by atoms with Gasteiger partial charge in [-0.05, 0) is 68.4 Å². The number of nitrogens with one attached hydrogen (secondary N) is 1. The van der Waals surface area contributed by atoms with Crippen molar-refractivity contribution in [1.82, 2.24) is 0 Å². The minimum Gasteiger partial charge on any atom is -0.494 e. The number of hydrogen-bond acceptors (Lipinski definition) is 4. The molecule has 1 amide bonds. The van der Waals surface area contributed by atoms with Gasteiger partial charge < -0.3 is 10.1 Å². The second-order valence-electron chi connectivity index (χ2n) is 7.49. The Morgan fingerprint density at radius 1 is 1.03 bits per heavy atom. The molecule has 6 nitrogen and oxygen atoms in total. The first-order valence-electron chi connectivity index (χ1n) is 10.4. The van der Waals surface area contributed by atoms with Gasteiger partial charge in [0.25, 0.3) is 10.0 Å². The molecule has 0 atom stereocenters. The van der Waals surface area contributed by atoms with Crippen molar-refractivity contribution < 1.29 is 31.1 Å². The third kappa shape index (κ3) is 6.46. The molecular formula is C24H22ClF3N2O4S. The summed E-state index contributed by atoms with van der Waals surface area (Å²) < 4.78 is 73.1. The summed E-state index contributed by atoms with van der Waals surface area (Å²) >= 11 is 5.70. The molecule has 3 rings (SSSR count). The smallest absolute Gasteiger partial charge is 0.417 e. The van der Waals surface area contributed by atoms with Crippen LogP contribution in [0.4, 0.5) is 24.5 Å². The minimum absolute atomic E-state index is 0.180. The molecule has 0 saturated carbocycles. The summed E-state index contributed by atoms with van der Waals surface area (Å²) in [6, 6.07) is 14.8. The maximum absolute atomic E-state index is 13.5. The normalized spacial score (nSPS) is 11.7. The summed E-state index contributed by atoms with van der Waals surface area (Å²) in [7, 11) is -4.41. The van der Waals surface area contributed by atoms with Crippen LogP contribution in [0.3, 0.4) is 0 Å². The monoisotopic (exact) mass is 526 g/mol. The average molecular weight is 527 g/mol. The highest BCUT2D eigenvalue weighted by Crippen LogP contribution is 2.38. The summed E-state index contributed by atoms with van der Waals surface area (Å²) in [5, 5.41) is 1.96. The van der Waals surface area contributed by atoms with Crippen molar-refractivity contribution in [3.8, 4) is 5.75 Å². The molecule has 0 bridgehead atoms. The van der Waals surface area contributed by atoms with Gasteiger partial charge in [0.15, 0.2) is 0 Å². The number of benzene rings is 3. The van der Waals surface area contributed by atoms with E-state index in [0.717, 1.165) is 17.7 Å². The van der Waals surface area contributed by atoms with Gasteiger partial charge >= 0.3 is 6.18 Å². The number of rotatable bonds is 8. The fourth-order valence-electron chi connectivity index (χ4n) is 3.17. The fourth-order valence-corrected chi connectivity index (χ4v) is 4.81. The minimum atomic E-state index is -4.82. The Hall–Kier alpha value is -3.24. The Labute approximate surface area is 206 Å². The molecule has 35 heavy (non-hydrogen) atoms. The molecular weight excluding hydrogens is 505 g/mol. The molecule has 0 radical (unpaired) electrons.